The Balaban J connectivity index is 2.33. The van der Waals surface area contributed by atoms with Crippen LogP contribution < -0.4 is 16.0 Å². The summed E-state index contributed by atoms with van der Waals surface area (Å²) in [7, 11) is 3.97. The predicted octanol–water partition coefficient (Wildman–Crippen LogP) is 2.12. The van der Waals surface area contributed by atoms with Gasteiger partial charge in [0, 0.05) is 26.0 Å². The first-order valence-electron chi connectivity index (χ1n) is 7.21. The Kier molecular flexibility index (Phi) is 4.98. The van der Waals surface area contributed by atoms with Gasteiger partial charge in [-0.15, -0.1) is 0 Å². The number of rotatable bonds is 5. The lowest BCUT2D eigenvalue weighted by molar-refractivity contribution is 0.825. The molecule has 0 saturated carbocycles. The van der Waals surface area contributed by atoms with Crippen LogP contribution in [-0.2, 0) is 6.54 Å². The van der Waals surface area contributed by atoms with Crippen LogP contribution in [0, 0.1) is 0 Å². The van der Waals surface area contributed by atoms with Gasteiger partial charge in [-0.1, -0.05) is 25.1 Å². The molecule has 1 heterocycles. The standard InChI is InChI=1S/C16H23N5/c1-4-9-18-16(17)19-11-12-10-15(21(2)3)20-14-8-6-5-7-13(12)14/h5-8,10H,4,9,11H2,1-3H3,(H3,17,18,19). The summed E-state index contributed by atoms with van der Waals surface area (Å²) in [4.78, 5) is 11.1. The Morgan fingerprint density at radius 1 is 1.33 bits per heavy atom. The molecule has 0 atom stereocenters. The number of fused-ring (bicyclic) bond motifs is 1. The molecular formula is C16H23N5. The molecule has 21 heavy (non-hydrogen) atoms. The summed E-state index contributed by atoms with van der Waals surface area (Å²) >= 11 is 0. The van der Waals surface area contributed by atoms with Crippen LogP contribution in [0.4, 0.5) is 5.82 Å². The smallest absolute Gasteiger partial charge is 0.188 e. The minimum absolute atomic E-state index is 0.490. The SMILES string of the molecule is CCCNC(N)=NCc1cc(N(C)C)nc2ccccc12. The van der Waals surface area contributed by atoms with Crippen molar-refractivity contribution in [2.75, 3.05) is 25.5 Å². The number of aromatic nitrogens is 1. The van der Waals surface area contributed by atoms with Crippen molar-refractivity contribution >= 4 is 22.7 Å². The second kappa shape index (κ2) is 6.92. The summed E-state index contributed by atoms with van der Waals surface area (Å²) in [6, 6.07) is 10.2. The molecule has 3 N–H and O–H groups in total. The fraction of sp³-hybridized carbons (Fsp3) is 0.375. The number of guanidine groups is 1. The van der Waals surface area contributed by atoms with Gasteiger partial charge in [0.2, 0.25) is 0 Å². The highest BCUT2D eigenvalue weighted by molar-refractivity contribution is 5.84. The summed E-state index contributed by atoms with van der Waals surface area (Å²) < 4.78 is 0. The zero-order valence-corrected chi connectivity index (χ0v) is 12.9. The number of nitrogens with zero attached hydrogens (tertiary/aromatic N) is 3. The molecule has 0 bridgehead atoms. The minimum atomic E-state index is 0.490. The molecule has 0 unspecified atom stereocenters. The van der Waals surface area contributed by atoms with Gasteiger partial charge < -0.3 is 16.0 Å². The number of nitrogens with two attached hydrogens (primary N) is 1. The maximum Gasteiger partial charge on any atom is 0.188 e. The highest BCUT2D eigenvalue weighted by Crippen LogP contribution is 2.22. The molecule has 0 fully saturated rings. The van der Waals surface area contributed by atoms with E-state index in [1.165, 1.54) is 0 Å². The Labute approximate surface area is 125 Å². The minimum Gasteiger partial charge on any atom is -0.370 e. The third-order valence-electron chi connectivity index (χ3n) is 3.22. The van der Waals surface area contributed by atoms with Gasteiger partial charge in [0.05, 0.1) is 12.1 Å². The molecule has 5 nitrogen and oxygen atoms in total. The molecule has 2 aromatic rings. The van der Waals surface area contributed by atoms with Crippen LogP contribution in [0.5, 0.6) is 0 Å². The molecule has 0 aliphatic heterocycles. The highest BCUT2D eigenvalue weighted by Gasteiger charge is 2.06. The molecule has 0 radical (unpaired) electrons. The summed E-state index contributed by atoms with van der Waals surface area (Å²) in [5, 5.41) is 4.21. The summed E-state index contributed by atoms with van der Waals surface area (Å²) in [5.74, 6) is 1.42. The van der Waals surface area contributed by atoms with Crippen LogP contribution >= 0.6 is 0 Å². The number of hydrogen-bond acceptors (Lipinski definition) is 3. The van der Waals surface area contributed by atoms with Crippen LogP contribution in [-0.4, -0.2) is 31.6 Å². The van der Waals surface area contributed by atoms with Crippen LogP contribution in [0.3, 0.4) is 0 Å². The van der Waals surface area contributed by atoms with Gasteiger partial charge in [0.15, 0.2) is 5.96 Å². The summed E-state index contributed by atoms with van der Waals surface area (Å²) in [6.07, 6.45) is 1.03. The molecule has 0 amide bonds. The number of anilines is 1. The third kappa shape index (κ3) is 3.84. The second-order valence-electron chi connectivity index (χ2n) is 5.18. The zero-order valence-electron chi connectivity index (χ0n) is 12.9. The first kappa shape index (κ1) is 15.1. The van der Waals surface area contributed by atoms with Gasteiger partial charge in [-0.05, 0) is 24.1 Å². The first-order chi connectivity index (χ1) is 10.1. The number of benzene rings is 1. The van der Waals surface area contributed by atoms with Gasteiger partial charge in [0.25, 0.3) is 0 Å². The van der Waals surface area contributed by atoms with E-state index in [4.69, 9.17) is 5.73 Å². The monoisotopic (exact) mass is 285 g/mol. The summed E-state index contributed by atoms with van der Waals surface area (Å²) in [6.45, 7) is 3.49. The lowest BCUT2D eigenvalue weighted by atomic mass is 10.1. The molecule has 2 rings (SSSR count). The topological polar surface area (TPSA) is 66.5 Å². The normalized spacial score (nSPS) is 11.7. The molecule has 0 aliphatic rings. The van der Waals surface area contributed by atoms with Crippen LogP contribution in [0.1, 0.15) is 18.9 Å². The third-order valence-corrected chi connectivity index (χ3v) is 3.22. The van der Waals surface area contributed by atoms with Crippen molar-refractivity contribution in [3.63, 3.8) is 0 Å². The zero-order chi connectivity index (χ0) is 15.2. The Morgan fingerprint density at radius 2 is 2.10 bits per heavy atom. The lowest BCUT2D eigenvalue weighted by Crippen LogP contribution is -2.32. The van der Waals surface area contributed by atoms with Gasteiger partial charge in [-0.2, -0.15) is 0 Å². The number of para-hydroxylation sites is 1. The van der Waals surface area contributed by atoms with Crippen molar-refractivity contribution in [3.05, 3.63) is 35.9 Å². The van der Waals surface area contributed by atoms with E-state index in [2.05, 4.69) is 34.3 Å². The Morgan fingerprint density at radius 3 is 2.81 bits per heavy atom. The molecule has 1 aromatic heterocycles. The predicted molar refractivity (Wildman–Crippen MR) is 89.7 cm³/mol. The van der Waals surface area contributed by atoms with Crippen molar-refractivity contribution < 1.29 is 0 Å². The quantitative estimate of drug-likeness (QED) is 0.652. The van der Waals surface area contributed by atoms with E-state index in [0.29, 0.717) is 12.5 Å². The highest BCUT2D eigenvalue weighted by atomic mass is 15.1. The van der Waals surface area contributed by atoms with E-state index < -0.39 is 0 Å². The van der Waals surface area contributed by atoms with E-state index >= 15 is 0 Å². The van der Waals surface area contributed by atoms with Crippen molar-refractivity contribution in [2.24, 2.45) is 10.7 Å². The average molecular weight is 285 g/mol. The van der Waals surface area contributed by atoms with Gasteiger partial charge >= 0.3 is 0 Å². The lowest BCUT2D eigenvalue weighted by Gasteiger charge is -2.14. The van der Waals surface area contributed by atoms with E-state index in [0.717, 1.165) is 35.2 Å². The fourth-order valence-corrected chi connectivity index (χ4v) is 2.07. The molecular weight excluding hydrogens is 262 g/mol. The van der Waals surface area contributed by atoms with Crippen LogP contribution in [0.2, 0.25) is 0 Å². The summed E-state index contributed by atoms with van der Waals surface area (Å²) in [5.41, 5.74) is 7.97. The van der Waals surface area contributed by atoms with Crippen LogP contribution in [0.15, 0.2) is 35.3 Å². The van der Waals surface area contributed by atoms with E-state index in [9.17, 15) is 0 Å². The van der Waals surface area contributed by atoms with Gasteiger partial charge in [0.1, 0.15) is 5.82 Å². The second-order valence-corrected chi connectivity index (χ2v) is 5.18. The molecule has 0 spiro atoms. The number of hydrogen-bond donors (Lipinski definition) is 2. The molecule has 5 heteroatoms. The van der Waals surface area contributed by atoms with Crippen molar-refractivity contribution in [1.82, 2.24) is 10.3 Å². The van der Waals surface area contributed by atoms with E-state index in [1.807, 2.05) is 37.2 Å². The van der Waals surface area contributed by atoms with Crippen molar-refractivity contribution in [1.29, 1.82) is 0 Å². The van der Waals surface area contributed by atoms with E-state index in [1.54, 1.807) is 0 Å². The molecule has 0 aliphatic carbocycles. The first-order valence-corrected chi connectivity index (χ1v) is 7.21. The van der Waals surface area contributed by atoms with Crippen molar-refractivity contribution in [2.45, 2.75) is 19.9 Å². The average Bonchev–Trinajstić information content (AvgIpc) is 2.50. The molecule has 112 valence electrons. The fourth-order valence-electron chi connectivity index (χ4n) is 2.07. The van der Waals surface area contributed by atoms with E-state index in [-0.39, 0.29) is 0 Å². The van der Waals surface area contributed by atoms with Crippen LogP contribution in [0.25, 0.3) is 10.9 Å². The maximum absolute atomic E-state index is 5.86. The van der Waals surface area contributed by atoms with Crippen molar-refractivity contribution in [3.8, 4) is 0 Å². The Hall–Kier alpha value is -2.30. The van der Waals surface area contributed by atoms with Gasteiger partial charge in [-0.3, -0.25) is 0 Å². The number of nitrogens with one attached hydrogen (secondary N) is 1. The number of pyridine rings is 1. The largest absolute Gasteiger partial charge is 0.370 e. The molecule has 0 saturated heterocycles. The van der Waals surface area contributed by atoms with Gasteiger partial charge in [-0.25, -0.2) is 9.98 Å². The Bertz CT molecular complexity index is 634. The maximum atomic E-state index is 5.86. The number of aliphatic imine (C=N–C) groups is 1. The molecule has 1 aromatic carbocycles.